The number of nitrogens with one attached hydrogen (secondary N) is 1. The zero-order chi connectivity index (χ0) is 32.6. The highest BCUT2D eigenvalue weighted by molar-refractivity contribution is 7.92. The average molecular weight is 636 g/mol. The Kier molecular flexibility index (Phi) is 11.5. The maximum absolute atomic E-state index is 14.4. The minimum absolute atomic E-state index is 0.0443. The maximum atomic E-state index is 14.4. The van der Waals surface area contributed by atoms with Crippen LogP contribution in [0.15, 0.2) is 71.6 Å². The fourth-order valence-electron chi connectivity index (χ4n) is 5.70. The van der Waals surface area contributed by atoms with E-state index in [9.17, 15) is 18.0 Å². The Labute approximate surface area is 267 Å². The summed E-state index contributed by atoms with van der Waals surface area (Å²) in [7, 11) is -1.25. The van der Waals surface area contributed by atoms with Crippen LogP contribution in [-0.2, 0) is 26.2 Å². The summed E-state index contributed by atoms with van der Waals surface area (Å²) >= 11 is 0. The van der Waals surface area contributed by atoms with Crippen LogP contribution in [0.25, 0.3) is 0 Å². The molecule has 242 valence electrons. The highest BCUT2D eigenvalue weighted by Crippen LogP contribution is 2.34. The van der Waals surface area contributed by atoms with E-state index >= 15 is 0 Å². The molecule has 0 saturated heterocycles. The summed E-state index contributed by atoms with van der Waals surface area (Å²) in [4.78, 5) is 29.7. The number of aryl methyl sites for hydroxylation is 2. The molecule has 0 aliphatic heterocycles. The molecule has 1 aliphatic rings. The molecule has 4 rings (SSSR count). The molecule has 1 atom stereocenters. The topological polar surface area (TPSA) is 105 Å². The third-order valence-corrected chi connectivity index (χ3v) is 10.1. The number of methoxy groups -OCH3 is 2. The lowest BCUT2D eigenvalue weighted by Gasteiger charge is -2.34. The van der Waals surface area contributed by atoms with Gasteiger partial charge in [0.2, 0.25) is 11.8 Å². The number of rotatable bonds is 13. The molecule has 45 heavy (non-hydrogen) atoms. The highest BCUT2D eigenvalue weighted by atomic mass is 32.2. The Hall–Kier alpha value is -4.05. The number of hydrogen-bond donors (Lipinski definition) is 1. The largest absolute Gasteiger partial charge is 0.493 e. The molecular weight excluding hydrogens is 590 g/mol. The van der Waals surface area contributed by atoms with Crippen molar-refractivity contribution < 1.29 is 27.5 Å². The molecule has 0 aromatic heterocycles. The van der Waals surface area contributed by atoms with E-state index in [1.54, 1.807) is 24.3 Å². The molecule has 1 N–H and O–H groups in total. The summed E-state index contributed by atoms with van der Waals surface area (Å²) in [6.45, 7) is 5.36. The third kappa shape index (κ3) is 8.36. The van der Waals surface area contributed by atoms with Gasteiger partial charge >= 0.3 is 0 Å². The summed E-state index contributed by atoms with van der Waals surface area (Å²) in [6.07, 6.45) is 5.47. The van der Waals surface area contributed by atoms with Crippen molar-refractivity contribution in [1.82, 2.24) is 10.2 Å². The summed E-state index contributed by atoms with van der Waals surface area (Å²) in [6, 6.07) is 18.3. The monoisotopic (exact) mass is 635 g/mol. The van der Waals surface area contributed by atoms with Crippen LogP contribution in [0.2, 0.25) is 0 Å². The Bertz CT molecular complexity index is 1550. The van der Waals surface area contributed by atoms with Crippen LogP contribution in [0.5, 0.6) is 11.5 Å². The lowest BCUT2D eigenvalue weighted by atomic mass is 9.95. The summed E-state index contributed by atoms with van der Waals surface area (Å²) in [5, 5.41) is 3.18. The maximum Gasteiger partial charge on any atom is 0.264 e. The molecule has 0 heterocycles. The predicted molar refractivity (Wildman–Crippen MR) is 176 cm³/mol. The van der Waals surface area contributed by atoms with Gasteiger partial charge in [-0.3, -0.25) is 13.9 Å². The van der Waals surface area contributed by atoms with Gasteiger partial charge in [-0.15, -0.1) is 0 Å². The molecule has 1 aliphatic carbocycles. The van der Waals surface area contributed by atoms with Gasteiger partial charge in [-0.25, -0.2) is 8.42 Å². The van der Waals surface area contributed by atoms with Crippen molar-refractivity contribution >= 4 is 27.5 Å². The number of amides is 2. The molecule has 0 unspecified atom stereocenters. The fraction of sp³-hybridized carbons (Fsp3) is 0.429. The first kappa shape index (κ1) is 33.8. The molecule has 3 aromatic rings. The Morgan fingerprint density at radius 2 is 1.47 bits per heavy atom. The van der Waals surface area contributed by atoms with E-state index in [1.165, 1.54) is 37.3 Å². The van der Waals surface area contributed by atoms with E-state index in [4.69, 9.17) is 9.47 Å². The van der Waals surface area contributed by atoms with Crippen LogP contribution < -0.4 is 19.1 Å². The second-order valence-electron chi connectivity index (χ2n) is 11.6. The molecule has 0 radical (unpaired) electrons. The minimum Gasteiger partial charge on any atom is -0.493 e. The van der Waals surface area contributed by atoms with Crippen LogP contribution in [0, 0.1) is 13.8 Å². The third-order valence-electron chi connectivity index (χ3n) is 8.35. The van der Waals surface area contributed by atoms with Crippen LogP contribution in [0.3, 0.4) is 0 Å². The van der Waals surface area contributed by atoms with Crippen LogP contribution in [-0.4, -0.2) is 58.0 Å². The smallest absolute Gasteiger partial charge is 0.264 e. The summed E-state index contributed by atoms with van der Waals surface area (Å²) in [5.74, 6) is 0.0312. The number of anilines is 1. The number of carbonyl (C=O) groups excluding carboxylic acids is 2. The zero-order valence-electron chi connectivity index (χ0n) is 26.9. The summed E-state index contributed by atoms with van der Waals surface area (Å²) in [5.41, 5.74) is 3.05. The average Bonchev–Trinajstić information content (AvgIpc) is 3.04. The van der Waals surface area contributed by atoms with E-state index in [-0.39, 0.29) is 29.1 Å². The zero-order valence-corrected chi connectivity index (χ0v) is 27.7. The lowest BCUT2D eigenvalue weighted by Crippen LogP contribution is -2.54. The van der Waals surface area contributed by atoms with Gasteiger partial charge in [0.25, 0.3) is 10.0 Å². The highest BCUT2D eigenvalue weighted by Gasteiger charge is 2.34. The van der Waals surface area contributed by atoms with Crippen LogP contribution in [0.1, 0.15) is 62.1 Å². The van der Waals surface area contributed by atoms with Crippen molar-refractivity contribution in [2.75, 3.05) is 25.1 Å². The molecular formula is C35H45N3O6S. The minimum atomic E-state index is -4.21. The van der Waals surface area contributed by atoms with Crippen molar-refractivity contribution in [1.29, 1.82) is 0 Å². The van der Waals surface area contributed by atoms with Gasteiger partial charge in [-0.05, 0) is 62.9 Å². The predicted octanol–water partition coefficient (Wildman–Crippen LogP) is 5.77. The number of hydrogen-bond acceptors (Lipinski definition) is 6. The Morgan fingerprint density at radius 1 is 0.867 bits per heavy atom. The number of carbonyl (C=O) groups is 2. The molecule has 1 saturated carbocycles. The number of nitrogens with zero attached hydrogens (tertiary/aromatic N) is 2. The van der Waals surface area contributed by atoms with Gasteiger partial charge in [0, 0.05) is 18.7 Å². The van der Waals surface area contributed by atoms with Crippen LogP contribution in [0.4, 0.5) is 5.69 Å². The molecule has 9 nitrogen and oxygen atoms in total. The second-order valence-corrected chi connectivity index (χ2v) is 13.5. The van der Waals surface area contributed by atoms with Gasteiger partial charge in [0.1, 0.15) is 12.6 Å². The van der Waals surface area contributed by atoms with E-state index in [1.807, 2.05) is 45.0 Å². The lowest BCUT2D eigenvalue weighted by molar-refractivity contribution is -0.140. The molecule has 10 heteroatoms. The normalized spacial score (nSPS) is 14.3. The second kappa shape index (κ2) is 15.3. The SMILES string of the molecule is CC[C@H](C(=O)NC1CCCCC1)N(Cc1ccc(C)cc1)C(=O)CN(c1ccc(OC)c(OC)c1)S(=O)(=O)c1ccc(C)cc1. The molecule has 1 fully saturated rings. The van der Waals surface area contributed by atoms with E-state index in [0.717, 1.165) is 53.1 Å². The number of benzene rings is 3. The van der Waals surface area contributed by atoms with Crippen LogP contribution >= 0.6 is 0 Å². The first-order chi connectivity index (χ1) is 21.6. The van der Waals surface area contributed by atoms with Gasteiger partial charge < -0.3 is 19.7 Å². The number of sulfonamides is 1. The Balaban J connectivity index is 1.74. The quantitative estimate of drug-likeness (QED) is 0.256. The van der Waals surface area contributed by atoms with Crippen molar-refractivity contribution in [2.45, 2.75) is 82.8 Å². The fourth-order valence-corrected chi connectivity index (χ4v) is 7.11. The van der Waals surface area contributed by atoms with Crippen molar-refractivity contribution in [3.63, 3.8) is 0 Å². The number of ether oxygens (including phenoxy) is 2. The van der Waals surface area contributed by atoms with E-state index < -0.39 is 28.5 Å². The molecule has 0 bridgehead atoms. The molecule has 3 aromatic carbocycles. The first-order valence-electron chi connectivity index (χ1n) is 15.5. The molecule has 0 spiro atoms. The van der Waals surface area contributed by atoms with Gasteiger partial charge in [-0.1, -0.05) is 73.7 Å². The van der Waals surface area contributed by atoms with E-state index in [2.05, 4.69) is 5.32 Å². The standard InChI is InChI=1S/C35H45N3O6S/c1-6-31(35(40)36-28-10-8-7-9-11-28)37(23-27-16-12-25(2)13-17-27)34(39)24-38(29-18-21-32(43-4)33(22-29)44-5)45(41,42)30-19-14-26(3)15-20-30/h12-22,28,31H,6-11,23-24H2,1-5H3,(H,36,40)/t31-/m1/s1. The molecule has 2 amide bonds. The van der Waals surface area contributed by atoms with Gasteiger partial charge in [0.15, 0.2) is 11.5 Å². The van der Waals surface area contributed by atoms with Gasteiger partial charge in [-0.2, -0.15) is 0 Å². The van der Waals surface area contributed by atoms with Gasteiger partial charge in [0.05, 0.1) is 24.8 Å². The summed E-state index contributed by atoms with van der Waals surface area (Å²) < 4.78 is 40.3. The first-order valence-corrected chi connectivity index (χ1v) is 17.0. The Morgan fingerprint density at radius 3 is 2.04 bits per heavy atom. The van der Waals surface area contributed by atoms with E-state index in [0.29, 0.717) is 17.9 Å². The van der Waals surface area contributed by atoms with Crippen molar-refractivity contribution in [3.8, 4) is 11.5 Å². The van der Waals surface area contributed by atoms with Crippen molar-refractivity contribution in [2.24, 2.45) is 0 Å². The van der Waals surface area contributed by atoms with Crippen molar-refractivity contribution in [3.05, 3.63) is 83.4 Å².